The molecule has 4 aromatic rings. The fourth-order valence-electron chi connectivity index (χ4n) is 5.00. The van der Waals surface area contributed by atoms with Crippen molar-refractivity contribution in [2.24, 2.45) is 0 Å². The number of carbonyl (C=O) groups excluding carboxylic acids is 1. The maximum Gasteiger partial charge on any atom is 0.296 e. The zero-order valence-corrected chi connectivity index (χ0v) is 20.6. The topological polar surface area (TPSA) is 88.4 Å². The van der Waals surface area contributed by atoms with Gasteiger partial charge in [0.05, 0.1) is 24.2 Å². The Morgan fingerprint density at radius 1 is 0.947 bits per heavy atom. The third-order valence-corrected chi connectivity index (χ3v) is 6.87. The van der Waals surface area contributed by atoms with Crippen LogP contribution in [0.2, 0.25) is 0 Å². The molecule has 0 unspecified atom stereocenters. The van der Waals surface area contributed by atoms with E-state index in [-0.39, 0.29) is 17.8 Å². The molecule has 1 N–H and O–H groups in total. The Bertz CT molecular complexity index is 1440. The predicted octanol–water partition coefficient (Wildman–Crippen LogP) is 3.92. The summed E-state index contributed by atoms with van der Waals surface area (Å²) in [5, 5.41) is 3.36. The molecule has 0 saturated carbocycles. The van der Waals surface area contributed by atoms with Crippen molar-refractivity contribution in [2.75, 3.05) is 49.6 Å². The van der Waals surface area contributed by atoms with E-state index in [1.54, 1.807) is 47.4 Å². The van der Waals surface area contributed by atoms with E-state index in [1.165, 1.54) is 4.57 Å². The van der Waals surface area contributed by atoms with Crippen molar-refractivity contribution in [1.82, 2.24) is 24.4 Å². The number of aromatic nitrogens is 4. The molecule has 2 fully saturated rings. The molecule has 2 aromatic heterocycles. The Morgan fingerprint density at radius 3 is 2.47 bits per heavy atom. The van der Waals surface area contributed by atoms with Crippen LogP contribution in [0.5, 0.6) is 0 Å². The summed E-state index contributed by atoms with van der Waals surface area (Å²) < 4.78 is 35.1. The number of fused-ring (bicyclic) bond motifs is 1. The molecule has 2 aromatic carbocycles. The van der Waals surface area contributed by atoms with Crippen LogP contribution in [0.25, 0.3) is 16.9 Å². The van der Waals surface area contributed by atoms with Crippen LogP contribution in [0.3, 0.4) is 0 Å². The molecule has 9 nitrogen and oxygen atoms in total. The number of morpholine rings is 1. The summed E-state index contributed by atoms with van der Waals surface area (Å²) in [6.45, 7) is 3.46. The van der Waals surface area contributed by atoms with Crippen molar-refractivity contribution in [3.8, 4) is 5.82 Å². The molecule has 2 aliphatic rings. The molecule has 196 valence electrons. The molecule has 1 atom stereocenters. The number of halogens is 2. The van der Waals surface area contributed by atoms with Gasteiger partial charge in [-0.2, -0.15) is 9.97 Å². The van der Waals surface area contributed by atoms with Gasteiger partial charge in [0.25, 0.3) is 12.3 Å². The molecule has 38 heavy (non-hydrogen) atoms. The highest BCUT2D eigenvalue weighted by Gasteiger charge is 2.28. The summed E-state index contributed by atoms with van der Waals surface area (Å²) in [6, 6.07) is 17.8. The molecule has 0 radical (unpaired) electrons. The van der Waals surface area contributed by atoms with Crippen molar-refractivity contribution in [3.05, 3.63) is 72.1 Å². The minimum absolute atomic E-state index is 0.0231. The van der Waals surface area contributed by atoms with E-state index in [4.69, 9.17) is 9.72 Å². The number of rotatable bonds is 6. The average Bonchev–Trinajstić information content (AvgIpc) is 3.58. The van der Waals surface area contributed by atoms with Gasteiger partial charge in [-0.25, -0.2) is 13.8 Å². The molecule has 6 rings (SSSR count). The Balaban J connectivity index is 1.33. The van der Waals surface area contributed by atoms with Crippen LogP contribution in [0.4, 0.5) is 20.5 Å². The van der Waals surface area contributed by atoms with Gasteiger partial charge >= 0.3 is 0 Å². The Hall–Kier alpha value is -4.12. The lowest BCUT2D eigenvalue weighted by molar-refractivity contribution is 0.0791. The minimum Gasteiger partial charge on any atom is -0.378 e. The fraction of sp³-hybridized carbons (Fsp3) is 0.333. The van der Waals surface area contributed by atoms with Gasteiger partial charge in [-0.3, -0.25) is 9.36 Å². The fourth-order valence-corrected chi connectivity index (χ4v) is 5.00. The number of anilines is 2. The number of amides is 1. The molecular weight excluding hydrogens is 492 g/mol. The first kappa shape index (κ1) is 24.2. The van der Waals surface area contributed by atoms with Gasteiger partial charge in [-0.15, -0.1) is 0 Å². The van der Waals surface area contributed by atoms with Crippen molar-refractivity contribution < 1.29 is 18.3 Å². The predicted molar refractivity (Wildman–Crippen MR) is 139 cm³/mol. The van der Waals surface area contributed by atoms with Crippen molar-refractivity contribution in [2.45, 2.75) is 18.9 Å². The second kappa shape index (κ2) is 10.3. The second-order valence-electron chi connectivity index (χ2n) is 9.35. The van der Waals surface area contributed by atoms with E-state index in [1.807, 2.05) is 18.2 Å². The summed E-state index contributed by atoms with van der Waals surface area (Å²) in [5.74, 6) is 0.854. The van der Waals surface area contributed by atoms with Crippen LogP contribution in [-0.2, 0) is 4.74 Å². The molecule has 1 amide bonds. The average molecular weight is 520 g/mol. The van der Waals surface area contributed by atoms with Crippen molar-refractivity contribution in [3.63, 3.8) is 0 Å². The lowest BCUT2D eigenvalue weighted by atomic mass is 10.2. The third kappa shape index (κ3) is 4.76. The van der Waals surface area contributed by atoms with Gasteiger partial charge in [0.15, 0.2) is 5.82 Å². The third-order valence-electron chi connectivity index (χ3n) is 6.87. The number of likely N-dealkylation sites (tertiary alicyclic amines) is 1. The summed E-state index contributed by atoms with van der Waals surface area (Å²) >= 11 is 0. The quantitative estimate of drug-likeness (QED) is 0.413. The number of imidazole rings is 1. The van der Waals surface area contributed by atoms with Gasteiger partial charge in [0, 0.05) is 43.9 Å². The minimum atomic E-state index is -2.78. The number of hydrogen-bond donors (Lipinski definition) is 1. The largest absolute Gasteiger partial charge is 0.378 e. The maximum absolute atomic E-state index is 14.1. The first-order valence-corrected chi connectivity index (χ1v) is 12.7. The molecule has 11 heteroatoms. The highest BCUT2D eigenvalue weighted by atomic mass is 19.3. The van der Waals surface area contributed by atoms with Crippen LogP contribution in [0.15, 0.2) is 60.7 Å². The van der Waals surface area contributed by atoms with Gasteiger partial charge in [-0.05, 0) is 30.7 Å². The Morgan fingerprint density at radius 2 is 1.68 bits per heavy atom. The molecule has 4 heterocycles. The van der Waals surface area contributed by atoms with Crippen LogP contribution < -0.4 is 10.2 Å². The van der Waals surface area contributed by atoms with Gasteiger partial charge in [-0.1, -0.05) is 30.3 Å². The smallest absolute Gasteiger partial charge is 0.296 e. The number of ether oxygens (including phenoxy) is 1. The summed E-state index contributed by atoms with van der Waals surface area (Å²) in [7, 11) is 0. The van der Waals surface area contributed by atoms with E-state index in [9.17, 15) is 13.6 Å². The van der Waals surface area contributed by atoms with Crippen LogP contribution in [-0.4, -0.2) is 75.8 Å². The summed E-state index contributed by atoms with van der Waals surface area (Å²) in [5.41, 5.74) is 1.66. The van der Waals surface area contributed by atoms with Crippen LogP contribution >= 0.6 is 0 Å². The first-order valence-electron chi connectivity index (χ1n) is 12.7. The monoisotopic (exact) mass is 519 g/mol. The number of nitrogens with zero attached hydrogens (tertiary/aromatic N) is 6. The zero-order chi connectivity index (χ0) is 26.1. The van der Waals surface area contributed by atoms with Crippen molar-refractivity contribution >= 4 is 28.7 Å². The Kier molecular flexibility index (Phi) is 6.59. The number of hydrogen-bond acceptors (Lipinski definition) is 7. The van der Waals surface area contributed by atoms with Gasteiger partial charge in [0.2, 0.25) is 5.95 Å². The van der Waals surface area contributed by atoms with E-state index in [0.29, 0.717) is 73.6 Å². The van der Waals surface area contributed by atoms with Crippen LogP contribution in [0, 0.1) is 0 Å². The van der Waals surface area contributed by atoms with Crippen LogP contribution in [0.1, 0.15) is 29.0 Å². The lowest BCUT2D eigenvalue weighted by Gasteiger charge is -2.28. The summed E-state index contributed by atoms with van der Waals surface area (Å²) in [4.78, 5) is 30.3. The van der Waals surface area contributed by atoms with E-state index < -0.39 is 6.43 Å². The number of carbonyl (C=O) groups is 1. The van der Waals surface area contributed by atoms with E-state index >= 15 is 0 Å². The standard InChI is InChI=1S/C27H27F2N7O2/c28-24(29)25-31-20-8-4-5-9-21(20)36(25)23-16-22(34-12-14-38-15-13-34)32-27(33-23)30-19-10-11-35(17-19)26(37)18-6-2-1-3-7-18/h1-9,16,19,24H,10-15,17H2,(H,30,32,33)/t19-/m0/s1. The number of benzene rings is 2. The van der Waals surface area contributed by atoms with Gasteiger partial charge in [0.1, 0.15) is 11.6 Å². The van der Waals surface area contributed by atoms with E-state index in [2.05, 4.69) is 20.2 Å². The zero-order valence-electron chi connectivity index (χ0n) is 20.6. The molecule has 2 saturated heterocycles. The number of nitrogens with one attached hydrogen (secondary N) is 1. The molecular formula is C27H27F2N7O2. The molecule has 0 aliphatic carbocycles. The Labute approximate surface area is 218 Å². The highest BCUT2D eigenvalue weighted by Crippen LogP contribution is 2.29. The number of para-hydroxylation sites is 2. The van der Waals surface area contributed by atoms with E-state index in [0.717, 1.165) is 6.42 Å². The van der Waals surface area contributed by atoms with Gasteiger partial charge < -0.3 is 19.9 Å². The molecule has 0 bridgehead atoms. The SMILES string of the molecule is O=C(c1ccccc1)N1CC[C@H](Nc2nc(N3CCOCC3)cc(-n3c(C(F)F)nc4ccccc43)n2)C1. The highest BCUT2D eigenvalue weighted by molar-refractivity contribution is 5.94. The maximum atomic E-state index is 14.1. The number of alkyl halides is 2. The van der Waals surface area contributed by atoms with Crippen molar-refractivity contribution in [1.29, 1.82) is 0 Å². The second-order valence-corrected chi connectivity index (χ2v) is 9.35. The normalized spacial score (nSPS) is 17.9. The molecule has 0 spiro atoms. The lowest BCUT2D eigenvalue weighted by Crippen LogP contribution is -2.37. The molecule has 2 aliphatic heterocycles. The first-order chi connectivity index (χ1) is 18.6. The summed E-state index contributed by atoms with van der Waals surface area (Å²) in [6.07, 6.45) is -2.07.